The molecule has 132 valence electrons. The number of nitriles is 1. The van der Waals surface area contributed by atoms with Gasteiger partial charge in [-0.05, 0) is 43.0 Å². The van der Waals surface area contributed by atoms with E-state index >= 15 is 0 Å². The minimum absolute atomic E-state index is 0.0278. The largest absolute Gasteiger partial charge is 0.348 e. The van der Waals surface area contributed by atoms with Gasteiger partial charge in [0, 0.05) is 45.3 Å². The van der Waals surface area contributed by atoms with Crippen molar-refractivity contribution >= 4 is 11.8 Å². The summed E-state index contributed by atoms with van der Waals surface area (Å²) < 4.78 is 0. The van der Waals surface area contributed by atoms with Gasteiger partial charge in [0.15, 0.2) is 0 Å². The van der Waals surface area contributed by atoms with Gasteiger partial charge >= 0.3 is 0 Å². The molecule has 3 heterocycles. The molecule has 4 rings (SSSR count). The maximum absolute atomic E-state index is 12.9. The number of benzene rings is 1. The van der Waals surface area contributed by atoms with Crippen LogP contribution < -0.4 is 0 Å². The Balaban J connectivity index is 1.72. The standard InChI is InChI=1S/C19H24N4O2/c1-21(2)18(24)13-22-10-15-5-8-17(12-22)23(11-15)19(25)16-6-3-14(9-20)4-7-16/h3-4,6-7,15,17H,5,8,10-13H2,1-2H3/t15-,17+/m0/s1. The van der Waals surface area contributed by atoms with Gasteiger partial charge in [0.05, 0.1) is 18.2 Å². The van der Waals surface area contributed by atoms with Crippen molar-refractivity contribution in [1.82, 2.24) is 14.7 Å². The van der Waals surface area contributed by atoms with Crippen molar-refractivity contribution in [2.75, 3.05) is 40.3 Å². The fraction of sp³-hybridized carbons (Fsp3) is 0.526. The molecular weight excluding hydrogens is 316 g/mol. The Morgan fingerprint density at radius 1 is 1.16 bits per heavy atom. The summed E-state index contributed by atoms with van der Waals surface area (Å²) in [5.74, 6) is 0.544. The van der Waals surface area contributed by atoms with Crippen molar-refractivity contribution in [3.8, 4) is 6.07 Å². The minimum atomic E-state index is 0.0278. The minimum Gasteiger partial charge on any atom is -0.348 e. The number of carbonyl (C=O) groups excluding carboxylic acids is 2. The number of hydrogen-bond donors (Lipinski definition) is 0. The third-order valence-electron chi connectivity index (χ3n) is 5.17. The third kappa shape index (κ3) is 3.83. The van der Waals surface area contributed by atoms with E-state index in [1.165, 1.54) is 0 Å². The van der Waals surface area contributed by atoms with Gasteiger partial charge in [0.25, 0.3) is 5.91 Å². The van der Waals surface area contributed by atoms with E-state index in [4.69, 9.17) is 5.26 Å². The molecule has 0 spiro atoms. The highest BCUT2D eigenvalue weighted by Gasteiger charge is 2.37. The molecule has 0 aliphatic carbocycles. The quantitative estimate of drug-likeness (QED) is 0.829. The van der Waals surface area contributed by atoms with Crippen LogP contribution in [0.25, 0.3) is 0 Å². The first kappa shape index (κ1) is 17.4. The summed E-state index contributed by atoms with van der Waals surface area (Å²) in [5.41, 5.74) is 1.18. The first-order valence-corrected chi connectivity index (χ1v) is 8.71. The predicted molar refractivity (Wildman–Crippen MR) is 93.8 cm³/mol. The highest BCUT2D eigenvalue weighted by molar-refractivity contribution is 5.94. The summed E-state index contributed by atoms with van der Waals surface area (Å²) in [5, 5.41) is 8.90. The Hall–Kier alpha value is -2.39. The van der Waals surface area contributed by atoms with E-state index in [-0.39, 0.29) is 17.9 Å². The highest BCUT2D eigenvalue weighted by atomic mass is 16.2. The normalized spacial score (nSPS) is 23.0. The van der Waals surface area contributed by atoms with Crippen LogP contribution in [0.3, 0.4) is 0 Å². The van der Waals surface area contributed by atoms with E-state index in [1.807, 2.05) is 4.90 Å². The smallest absolute Gasteiger partial charge is 0.254 e. The summed E-state index contributed by atoms with van der Waals surface area (Å²) in [6, 6.07) is 9.05. The number of piperidine rings is 1. The van der Waals surface area contributed by atoms with Gasteiger partial charge in [-0.15, -0.1) is 0 Å². The van der Waals surface area contributed by atoms with Crippen molar-refractivity contribution in [1.29, 1.82) is 5.26 Å². The van der Waals surface area contributed by atoms with Gasteiger partial charge in [-0.25, -0.2) is 0 Å². The molecule has 2 bridgehead atoms. The van der Waals surface area contributed by atoms with Crippen molar-refractivity contribution in [2.45, 2.75) is 18.9 Å². The molecular formula is C19H24N4O2. The van der Waals surface area contributed by atoms with E-state index in [2.05, 4.69) is 11.0 Å². The average molecular weight is 340 g/mol. The molecule has 1 aromatic carbocycles. The molecule has 2 atom stereocenters. The van der Waals surface area contributed by atoms with Gasteiger partial charge in [-0.3, -0.25) is 14.5 Å². The molecule has 6 nitrogen and oxygen atoms in total. The van der Waals surface area contributed by atoms with Crippen molar-refractivity contribution in [3.05, 3.63) is 35.4 Å². The molecule has 3 aliphatic rings. The molecule has 3 saturated heterocycles. The number of carbonyl (C=O) groups is 2. The van der Waals surface area contributed by atoms with Crippen molar-refractivity contribution < 1.29 is 9.59 Å². The van der Waals surface area contributed by atoms with Crippen molar-refractivity contribution in [2.24, 2.45) is 5.92 Å². The zero-order valence-electron chi connectivity index (χ0n) is 14.8. The van der Waals surface area contributed by atoms with Gasteiger partial charge in [-0.2, -0.15) is 5.26 Å². The van der Waals surface area contributed by atoms with Gasteiger partial charge in [0.1, 0.15) is 0 Å². The van der Waals surface area contributed by atoms with Gasteiger partial charge in [-0.1, -0.05) is 0 Å². The zero-order chi connectivity index (χ0) is 18.0. The lowest BCUT2D eigenvalue weighted by Crippen LogP contribution is -2.47. The fourth-order valence-electron chi connectivity index (χ4n) is 3.74. The van der Waals surface area contributed by atoms with Crippen LogP contribution in [0.2, 0.25) is 0 Å². The summed E-state index contributed by atoms with van der Waals surface area (Å²) in [6.45, 7) is 2.78. The van der Waals surface area contributed by atoms with Crippen LogP contribution in [0.1, 0.15) is 28.8 Å². The van der Waals surface area contributed by atoms with Crippen LogP contribution >= 0.6 is 0 Å². The lowest BCUT2D eigenvalue weighted by atomic mass is 9.94. The molecule has 0 radical (unpaired) electrons. The maximum Gasteiger partial charge on any atom is 0.254 e. The summed E-state index contributed by atoms with van der Waals surface area (Å²) in [7, 11) is 3.55. The fourth-order valence-corrected chi connectivity index (χ4v) is 3.74. The third-order valence-corrected chi connectivity index (χ3v) is 5.17. The number of rotatable bonds is 3. The number of likely N-dealkylation sites (N-methyl/N-ethyl adjacent to an activating group) is 1. The van der Waals surface area contributed by atoms with Crippen LogP contribution in [0.4, 0.5) is 0 Å². The topological polar surface area (TPSA) is 67.7 Å². The number of nitrogens with zero attached hydrogens (tertiary/aromatic N) is 4. The van der Waals surface area contributed by atoms with Crippen LogP contribution in [-0.4, -0.2) is 72.8 Å². The molecule has 0 saturated carbocycles. The number of amides is 2. The van der Waals surface area contributed by atoms with Crippen molar-refractivity contribution in [3.63, 3.8) is 0 Å². The van der Waals surface area contributed by atoms with E-state index in [1.54, 1.807) is 43.3 Å². The second-order valence-electron chi connectivity index (χ2n) is 7.23. The summed E-state index contributed by atoms with van der Waals surface area (Å²) in [4.78, 5) is 30.7. The molecule has 3 fully saturated rings. The maximum atomic E-state index is 12.9. The van der Waals surface area contributed by atoms with Crippen LogP contribution in [0, 0.1) is 17.2 Å². The van der Waals surface area contributed by atoms with Gasteiger partial charge < -0.3 is 9.80 Å². The molecule has 0 N–H and O–H groups in total. The molecule has 2 amide bonds. The first-order valence-electron chi connectivity index (χ1n) is 8.71. The molecule has 6 heteroatoms. The molecule has 0 unspecified atom stereocenters. The Morgan fingerprint density at radius 3 is 2.52 bits per heavy atom. The Morgan fingerprint density at radius 2 is 1.88 bits per heavy atom. The number of hydrogen-bond acceptors (Lipinski definition) is 4. The second-order valence-corrected chi connectivity index (χ2v) is 7.23. The summed E-state index contributed by atoms with van der Waals surface area (Å²) >= 11 is 0. The lowest BCUT2D eigenvalue weighted by molar-refractivity contribution is -0.129. The molecule has 3 aliphatic heterocycles. The van der Waals surface area contributed by atoms with Crippen LogP contribution in [-0.2, 0) is 4.79 Å². The summed E-state index contributed by atoms with van der Waals surface area (Å²) in [6.07, 6.45) is 2.09. The van der Waals surface area contributed by atoms with E-state index < -0.39 is 0 Å². The predicted octanol–water partition coefficient (Wildman–Crippen LogP) is 1.18. The molecule has 1 aromatic rings. The van der Waals surface area contributed by atoms with E-state index in [0.29, 0.717) is 23.6 Å². The van der Waals surface area contributed by atoms with E-state index in [0.717, 1.165) is 32.5 Å². The average Bonchev–Trinajstić information content (AvgIpc) is 2.91. The second kappa shape index (κ2) is 7.24. The molecule has 0 aromatic heterocycles. The van der Waals surface area contributed by atoms with Gasteiger partial charge in [0.2, 0.25) is 5.91 Å². The number of fused-ring (bicyclic) bond motifs is 4. The highest BCUT2D eigenvalue weighted by Crippen LogP contribution is 2.29. The van der Waals surface area contributed by atoms with Crippen LogP contribution in [0.15, 0.2) is 24.3 Å². The zero-order valence-corrected chi connectivity index (χ0v) is 14.8. The van der Waals surface area contributed by atoms with E-state index in [9.17, 15) is 9.59 Å². The Kier molecular flexibility index (Phi) is 5.05. The lowest BCUT2D eigenvalue weighted by Gasteiger charge is -2.36. The monoisotopic (exact) mass is 340 g/mol. The Bertz CT molecular complexity index is 692. The Labute approximate surface area is 148 Å². The SMILES string of the molecule is CN(C)C(=O)CN1C[C@@H]2CC[C@H](C1)N(C(=O)c1ccc(C#N)cc1)C2. The molecule has 25 heavy (non-hydrogen) atoms. The first-order chi connectivity index (χ1) is 12.0. The van der Waals surface area contributed by atoms with Crippen LogP contribution in [0.5, 0.6) is 0 Å².